The molecule has 4 nitrogen and oxygen atoms in total. The molecule has 1 atom stereocenters. The van der Waals surface area contributed by atoms with Crippen molar-refractivity contribution in [3.63, 3.8) is 0 Å². The second-order valence-electron chi connectivity index (χ2n) is 4.68. The minimum atomic E-state index is 0.137. The Hall–Kier alpha value is -0.910. The molecule has 6 heteroatoms. The highest BCUT2D eigenvalue weighted by molar-refractivity contribution is 9.10. The number of hydrogen-bond donors (Lipinski definition) is 1. The monoisotopic (exact) mass is 356 g/mol. The van der Waals surface area contributed by atoms with Gasteiger partial charge in [-0.25, -0.2) is 4.98 Å². The van der Waals surface area contributed by atoms with Crippen molar-refractivity contribution in [3.05, 3.63) is 45.4 Å². The fourth-order valence-electron chi connectivity index (χ4n) is 2.08. The van der Waals surface area contributed by atoms with Crippen LogP contribution >= 0.6 is 27.5 Å². The number of aryl methyl sites for hydroxylation is 1. The Morgan fingerprint density at radius 1 is 1.45 bits per heavy atom. The number of hydrogen-bond acceptors (Lipinski definition) is 3. The zero-order valence-corrected chi connectivity index (χ0v) is 13.9. The van der Waals surface area contributed by atoms with Crippen LogP contribution in [-0.2, 0) is 13.5 Å². The second kappa shape index (κ2) is 7.20. The Balaban J connectivity index is 2.24. The van der Waals surface area contributed by atoms with E-state index in [2.05, 4.69) is 44.3 Å². The van der Waals surface area contributed by atoms with E-state index in [0.29, 0.717) is 0 Å². The topological polar surface area (TPSA) is 42.7 Å². The van der Waals surface area contributed by atoms with E-state index in [0.717, 1.165) is 40.3 Å². The first kappa shape index (κ1) is 15.5. The van der Waals surface area contributed by atoms with Crippen molar-refractivity contribution in [2.24, 2.45) is 7.05 Å². The molecule has 1 N–H and O–H groups in total. The number of nitrogens with zero attached hydrogens (tertiary/aromatic N) is 3. The normalized spacial score (nSPS) is 12.6. The van der Waals surface area contributed by atoms with E-state index in [-0.39, 0.29) is 6.04 Å². The van der Waals surface area contributed by atoms with Gasteiger partial charge < -0.3 is 5.32 Å². The van der Waals surface area contributed by atoms with Gasteiger partial charge in [-0.3, -0.25) is 4.68 Å². The molecule has 0 fully saturated rings. The number of benzene rings is 1. The quantitative estimate of drug-likeness (QED) is 0.860. The summed E-state index contributed by atoms with van der Waals surface area (Å²) in [6.45, 7) is 3.09. The maximum absolute atomic E-state index is 6.37. The lowest BCUT2D eigenvalue weighted by molar-refractivity contribution is 0.506. The number of rotatable bonds is 6. The van der Waals surface area contributed by atoms with E-state index in [4.69, 9.17) is 11.6 Å². The molecule has 1 aromatic heterocycles. The zero-order valence-electron chi connectivity index (χ0n) is 11.6. The average Bonchev–Trinajstić information content (AvgIpc) is 2.80. The molecule has 0 amide bonds. The van der Waals surface area contributed by atoms with Gasteiger partial charge in [-0.15, -0.1) is 0 Å². The third kappa shape index (κ3) is 3.81. The van der Waals surface area contributed by atoms with Crippen LogP contribution in [0.2, 0.25) is 5.02 Å². The Labute approximate surface area is 132 Å². The van der Waals surface area contributed by atoms with E-state index in [9.17, 15) is 0 Å². The summed E-state index contributed by atoms with van der Waals surface area (Å²) in [5.41, 5.74) is 1.09. The first-order valence-corrected chi connectivity index (χ1v) is 7.80. The molecule has 108 valence electrons. The molecule has 20 heavy (non-hydrogen) atoms. The predicted molar refractivity (Wildman–Crippen MR) is 84.9 cm³/mol. The highest BCUT2D eigenvalue weighted by Crippen LogP contribution is 2.28. The fourth-order valence-corrected chi connectivity index (χ4v) is 2.89. The SMILES string of the molecule is CCCNC(Cc1ncnn1C)c1ccc(Br)cc1Cl. The number of aromatic nitrogens is 3. The minimum absolute atomic E-state index is 0.137. The van der Waals surface area contributed by atoms with Crippen LogP contribution in [0.15, 0.2) is 29.0 Å². The molecule has 2 rings (SSSR count). The van der Waals surface area contributed by atoms with Crippen LogP contribution < -0.4 is 5.32 Å². The molecule has 1 unspecified atom stereocenters. The molecule has 1 aromatic carbocycles. The molecule has 0 saturated heterocycles. The molecule has 0 aliphatic carbocycles. The Bertz CT molecular complexity index is 570. The van der Waals surface area contributed by atoms with E-state index < -0.39 is 0 Å². The van der Waals surface area contributed by atoms with Crippen LogP contribution in [0.3, 0.4) is 0 Å². The standard InChI is InChI=1S/C14H18BrClN4/c1-3-6-17-13(8-14-18-9-19-20(14)2)11-5-4-10(15)7-12(11)16/h4-5,7,9,13,17H,3,6,8H2,1-2H3. The molecular weight excluding hydrogens is 340 g/mol. The molecule has 0 spiro atoms. The molecule has 1 heterocycles. The third-order valence-electron chi connectivity index (χ3n) is 3.17. The van der Waals surface area contributed by atoms with Gasteiger partial charge in [0.05, 0.1) is 0 Å². The van der Waals surface area contributed by atoms with Crippen molar-refractivity contribution in [1.82, 2.24) is 20.1 Å². The fraction of sp³-hybridized carbons (Fsp3) is 0.429. The van der Waals surface area contributed by atoms with Gasteiger partial charge in [0.1, 0.15) is 12.2 Å². The Kier molecular flexibility index (Phi) is 5.57. The van der Waals surface area contributed by atoms with Crippen LogP contribution in [0.25, 0.3) is 0 Å². The summed E-state index contributed by atoms with van der Waals surface area (Å²) in [5, 5.41) is 8.41. The van der Waals surface area contributed by atoms with Gasteiger partial charge in [0.15, 0.2) is 0 Å². The van der Waals surface area contributed by atoms with Gasteiger partial charge in [-0.2, -0.15) is 5.10 Å². The summed E-state index contributed by atoms with van der Waals surface area (Å²) in [6.07, 6.45) is 3.41. The molecule has 0 radical (unpaired) electrons. The van der Waals surface area contributed by atoms with Crippen LogP contribution in [0.4, 0.5) is 0 Å². The van der Waals surface area contributed by atoms with Crippen molar-refractivity contribution in [2.45, 2.75) is 25.8 Å². The molecule has 0 aliphatic heterocycles. The van der Waals surface area contributed by atoms with Gasteiger partial charge in [-0.05, 0) is 30.7 Å². The molecule has 0 aliphatic rings. The van der Waals surface area contributed by atoms with Crippen LogP contribution in [0.5, 0.6) is 0 Å². The highest BCUT2D eigenvalue weighted by Gasteiger charge is 2.17. The highest BCUT2D eigenvalue weighted by atomic mass is 79.9. The summed E-state index contributed by atoms with van der Waals surface area (Å²) in [4.78, 5) is 4.30. The lowest BCUT2D eigenvalue weighted by Crippen LogP contribution is -2.25. The van der Waals surface area contributed by atoms with Gasteiger partial charge in [0.2, 0.25) is 0 Å². The minimum Gasteiger partial charge on any atom is -0.310 e. The maximum Gasteiger partial charge on any atom is 0.138 e. The average molecular weight is 358 g/mol. The van der Waals surface area contributed by atoms with E-state index >= 15 is 0 Å². The van der Waals surface area contributed by atoms with E-state index in [1.165, 1.54) is 0 Å². The predicted octanol–water partition coefficient (Wildman–Crippen LogP) is 3.51. The zero-order chi connectivity index (χ0) is 14.5. The Morgan fingerprint density at radius 3 is 2.85 bits per heavy atom. The molecule has 0 saturated carbocycles. The summed E-state index contributed by atoms with van der Waals surface area (Å²) in [7, 11) is 1.91. The lowest BCUT2D eigenvalue weighted by atomic mass is 10.0. The van der Waals surface area contributed by atoms with Crippen molar-refractivity contribution >= 4 is 27.5 Å². The van der Waals surface area contributed by atoms with Gasteiger partial charge in [0, 0.05) is 29.0 Å². The van der Waals surface area contributed by atoms with E-state index in [1.807, 2.05) is 19.2 Å². The van der Waals surface area contributed by atoms with Gasteiger partial charge in [-0.1, -0.05) is 40.5 Å². The molecule has 2 aromatic rings. The lowest BCUT2D eigenvalue weighted by Gasteiger charge is -2.20. The largest absolute Gasteiger partial charge is 0.310 e. The third-order valence-corrected chi connectivity index (χ3v) is 3.99. The maximum atomic E-state index is 6.37. The van der Waals surface area contributed by atoms with Crippen molar-refractivity contribution in [3.8, 4) is 0 Å². The first-order chi connectivity index (χ1) is 9.61. The van der Waals surface area contributed by atoms with Crippen molar-refractivity contribution < 1.29 is 0 Å². The smallest absolute Gasteiger partial charge is 0.138 e. The summed E-state index contributed by atoms with van der Waals surface area (Å²) in [5.74, 6) is 0.942. The molecule has 0 bridgehead atoms. The first-order valence-electron chi connectivity index (χ1n) is 6.63. The van der Waals surface area contributed by atoms with Crippen LogP contribution in [0.1, 0.15) is 30.8 Å². The van der Waals surface area contributed by atoms with Crippen molar-refractivity contribution in [2.75, 3.05) is 6.54 Å². The second-order valence-corrected chi connectivity index (χ2v) is 6.00. The van der Waals surface area contributed by atoms with Crippen LogP contribution in [0, 0.1) is 0 Å². The Morgan fingerprint density at radius 2 is 2.25 bits per heavy atom. The van der Waals surface area contributed by atoms with Crippen molar-refractivity contribution in [1.29, 1.82) is 0 Å². The number of nitrogens with one attached hydrogen (secondary N) is 1. The van der Waals surface area contributed by atoms with Crippen LogP contribution in [-0.4, -0.2) is 21.3 Å². The van der Waals surface area contributed by atoms with Gasteiger partial charge in [0.25, 0.3) is 0 Å². The summed E-state index contributed by atoms with van der Waals surface area (Å²) >= 11 is 9.81. The summed E-state index contributed by atoms with van der Waals surface area (Å²) in [6, 6.07) is 6.13. The van der Waals surface area contributed by atoms with E-state index in [1.54, 1.807) is 11.0 Å². The molecular formula is C14H18BrClN4. The number of halogens is 2. The van der Waals surface area contributed by atoms with Gasteiger partial charge >= 0.3 is 0 Å². The summed E-state index contributed by atoms with van der Waals surface area (Å²) < 4.78 is 2.78.